The van der Waals surface area contributed by atoms with Gasteiger partial charge in [0, 0.05) is 19.5 Å². The number of nitrogens with zero attached hydrogens (tertiary/aromatic N) is 2. The van der Waals surface area contributed by atoms with Crippen molar-refractivity contribution in [1.29, 1.82) is 0 Å². The average molecular weight is 869 g/mol. The minimum atomic E-state index is -1.65. The molecule has 2 aliphatic rings. The van der Waals surface area contributed by atoms with E-state index in [1.807, 2.05) is 0 Å². The van der Waals surface area contributed by atoms with Crippen LogP contribution < -0.4 is 54.4 Å². The molecule has 2 fully saturated rings. The van der Waals surface area contributed by atoms with Crippen LogP contribution in [-0.2, 0) is 43.2 Å². The second kappa shape index (κ2) is 25.2. The zero-order chi connectivity index (χ0) is 46.0. The summed E-state index contributed by atoms with van der Waals surface area (Å²) in [5.74, 6) is -8.52. The predicted molar refractivity (Wildman–Crippen MR) is 217 cm³/mol. The number of primary amides is 1. The molecule has 0 bridgehead atoms. The molecule has 0 spiro atoms. The van der Waals surface area contributed by atoms with Crippen molar-refractivity contribution in [1.82, 2.24) is 42.1 Å². The molecule has 10 atom stereocenters. The van der Waals surface area contributed by atoms with E-state index in [1.54, 1.807) is 13.8 Å². The minimum absolute atomic E-state index is 0.00298. The summed E-state index contributed by atoms with van der Waals surface area (Å²) >= 11 is 0. The molecule has 344 valence electrons. The van der Waals surface area contributed by atoms with Gasteiger partial charge in [-0.25, -0.2) is 4.79 Å². The maximum absolute atomic E-state index is 13.9. The van der Waals surface area contributed by atoms with E-state index in [9.17, 15) is 58.5 Å². The van der Waals surface area contributed by atoms with Gasteiger partial charge in [0.25, 0.3) is 0 Å². The van der Waals surface area contributed by atoms with Gasteiger partial charge >= 0.3 is 5.97 Å². The first-order chi connectivity index (χ1) is 28.7. The largest absolute Gasteiger partial charge is 0.480 e. The fourth-order valence-corrected chi connectivity index (χ4v) is 6.70. The van der Waals surface area contributed by atoms with Gasteiger partial charge in [-0.15, -0.1) is 0 Å². The number of aliphatic carboxylic acids is 1. The Morgan fingerprint density at radius 1 is 0.770 bits per heavy atom. The van der Waals surface area contributed by atoms with E-state index in [-0.39, 0.29) is 57.1 Å². The molecule has 61 heavy (non-hydrogen) atoms. The molecule has 0 aromatic carbocycles. The fraction of sp³-hybridized carbons (Fsp3) is 0.730. The number of carboxylic acid groups (broad SMARTS) is 1. The second-order valence-corrected chi connectivity index (χ2v) is 15.3. The molecule has 2 heterocycles. The normalized spacial score (nSPS) is 19.9. The number of nitrogens with one attached hydrogen (secondary N) is 7. The van der Waals surface area contributed by atoms with Gasteiger partial charge in [0.1, 0.15) is 42.3 Å². The number of nitrogens with two attached hydrogens (primary N) is 3. The zero-order valence-electron chi connectivity index (χ0n) is 35.1. The molecule has 2 rings (SSSR count). The minimum Gasteiger partial charge on any atom is -0.480 e. The van der Waals surface area contributed by atoms with E-state index in [1.165, 1.54) is 13.8 Å². The van der Waals surface area contributed by atoms with E-state index < -0.39 is 114 Å². The van der Waals surface area contributed by atoms with E-state index >= 15 is 0 Å². The van der Waals surface area contributed by atoms with Gasteiger partial charge in [0.2, 0.25) is 47.3 Å². The summed E-state index contributed by atoms with van der Waals surface area (Å²) in [4.78, 5) is 122. The number of aliphatic hydroxyl groups excluding tert-OH is 2. The smallest absolute Gasteiger partial charge is 0.326 e. The van der Waals surface area contributed by atoms with Crippen molar-refractivity contribution in [3.05, 3.63) is 0 Å². The highest BCUT2D eigenvalue weighted by Gasteiger charge is 2.42. The zero-order valence-corrected chi connectivity index (χ0v) is 35.1. The van der Waals surface area contributed by atoms with E-state index in [2.05, 4.69) is 42.2 Å². The lowest BCUT2D eigenvalue weighted by atomic mass is 9.96. The Bertz CT molecular complexity index is 1600. The first-order valence-electron chi connectivity index (χ1n) is 20.4. The van der Waals surface area contributed by atoms with Gasteiger partial charge in [0.15, 0.2) is 5.96 Å². The Morgan fingerprint density at radius 2 is 1.41 bits per heavy atom. The monoisotopic (exact) mass is 868 g/mol. The maximum atomic E-state index is 13.9. The Hall–Kier alpha value is -5.62. The first-order valence-corrected chi connectivity index (χ1v) is 20.4. The molecule has 0 aliphatic carbocycles. The molecule has 16 N–H and O–H groups in total. The molecule has 0 unspecified atom stereocenters. The van der Waals surface area contributed by atoms with Crippen molar-refractivity contribution in [2.75, 3.05) is 26.2 Å². The number of rotatable bonds is 25. The number of hydrogen-bond acceptors (Lipinski definition) is 13. The number of hydrogen-bond donors (Lipinski definition) is 13. The quantitative estimate of drug-likeness (QED) is 0.0231. The highest BCUT2D eigenvalue weighted by molar-refractivity contribution is 5.98. The summed E-state index contributed by atoms with van der Waals surface area (Å²) in [7, 11) is 0. The predicted octanol–water partition coefficient (Wildman–Crippen LogP) is -5.52. The second-order valence-electron chi connectivity index (χ2n) is 15.3. The number of aliphatic hydroxyl groups is 2. The summed E-state index contributed by atoms with van der Waals surface area (Å²) in [6.07, 6.45) is 0.193. The maximum Gasteiger partial charge on any atom is 0.326 e. The van der Waals surface area contributed by atoms with Crippen molar-refractivity contribution in [2.24, 2.45) is 28.1 Å². The Labute approximate surface area is 353 Å². The lowest BCUT2D eigenvalue weighted by Gasteiger charge is -2.32. The van der Waals surface area contributed by atoms with E-state index in [0.29, 0.717) is 25.8 Å². The summed E-state index contributed by atoms with van der Waals surface area (Å²) in [6, 6.07) is -10.1. The highest BCUT2D eigenvalue weighted by atomic mass is 16.4. The van der Waals surface area contributed by atoms with Gasteiger partial charge in [-0.3, -0.25) is 43.3 Å². The van der Waals surface area contributed by atoms with Gasteiger partial charge in [0.05, 0.1) is 18.8 Å². The first kappa shape index (κ1) is 51.5. The molecule has 0 saturated carbocycles. The third kappa shape index (κ3) is 16.4. The molecular formula is C37H64N12O12. The molecule has 2 saturated heterocycles. The van der Waals surface area contributed by atoms with Gasteiger partial charge in [-0.2, -0.15) is 0 Å². The number of carbonyl (C=O) groups is 9. The standard InChI is InChI=1S/C37H64N12O12/c1-5-18(2)27(47-31(55)22(10-7-15-42-37(39)40)44-29(53)19(3)43-30(54)21-9-6-14-41-21)34(58)48-28(20(4)51)35(59)49-16-8-11-25(49)33(57)46-24(17-50)32(56)45-23(36(60)61)12-13-26(38)52/h18-25,27-28,41,50-51H,5-17H2,1-4H3,(H2,38,52)(H,43,54)(H,44,53)(H,45,56)(H,46,57)(H,47,55)(H,48,58)(H,60,61)(H4,39,40,42)/t18-,19-,20+,21-,22-,23-,24-,25-,27-,28-/m0/s1. The number of aliphatic imine (C=N–C) groups is 1. The van der Waals surface area contributed by atoms with Crippen LogP contribution in [0.2, 0.25) is 0 Å². The van der Waals surface area contributed by atoms with Crippen LogP contribution in [0.4, 0.5) is 0 Å². The summed E-state index contributed by atoms with van der Waals surface area (Å²) < 4.78 is 0. The molecule has 0 aromatic rings. The Kier molecular flexibility index (Phi) is 21.3. The van der Waals surface area contributed by atoms with Crippen LogP contribution in [0.3, 0.4) is 0 Å². The van der Waals surface area contributed by atoms with Crippen LogP contribution >= 0.6 is 0 Å². The van der Waals surface area contributed by atoms with Gasteiger partial charge in [-0.1, -0.05) is 20.3 Å². The number of carboxylic acids is 1. The Morgan fingerprint density at radius 3 is 1.97 bits per heavy atom. The van der Waals surface area contributed by atoms with Crippen LogP contribution in [-0.4, -0.2) is 160 Å². The summed E-state index contributed by atoms with van der Waals surface area (Å²) in [5.41, 5.74) is 15.9. The highest BCUT2D eigenvalue weighted by Crippen LogP contribution is 2.20. The van der Waals surface area contributed by atoms with Crippen LogP contribution in [0.1, 0.15) is 85.5 Å². The van der Waals surface area contributed by atoms with Crippen molar-refractivity contribution < 1.29 is 58.5 Å². The number of amides is 8. The molecular weight excluding hydrogens is 804 g/mol. The topological polar surface area (TPSA) is 392 Å². The van der Waals surface area contributed by atoms with Crippen LogP contribution in [0, 0.1) is 5.92 Å². The molecule has 24 heteroatoms. The molecule has 0 radical (unpaired) electrons. The van der Waals surface area contributed by atoms with Crippen molar-refractivity contribution >= 4 is 59.2 Å². The van der Waals surface area contributed by atoms with Gasteiger partial charge in [-0.05, 0) is 71.3 Å². The number of guanidine groups is 1. The van der Waals surface area contributed by atoms with Crippen molar-refractivity contribution in [2.45, 2.75) is 140 Å². The van der Waals surface area contributed by atoms with Crippen LogP contribution in [0.15, 0.2) is 4.99 Å². The third-order valence-corrected chi connectivity index (χ3v) is 10.5. The van der Waals surface area contributed by atoms with Crippen LogP contribution in [0.25, 0.3) is 0 Å². The average Bonchev–Trinajstić information content (AvgIpc) is 3.93. The van der Waals surface area contributed by atoms with E-state index in [0.717, 1.165) is 11.3 Å². The molecule has 2 aliphatic heterocycles. The fourth-order valence-electron chi connectivity index (χ4n) is 6.70. The molecule has 24 nitrogen and oxygen atoms in total. The molecule has 8 amide bonds. The van der Waals surface area contributed by atoms with Crippen LogP contribution in [0.5, 0.6) is 0 Å². The SMILES string of the molecule is CC[C@H](C)[C@H](NC(=O)[C@H](CCCN=C(N)N)NC(=O)[C@H](C)NC(=O)[C@@H]1CCCN1)C(=O)N[C@H](C(=O)N1CCC[C@H]1C(=O)N[C@@H](CO)C(=O)N[C@@H](CCC(N)=O)C(=O)O)[C@@H](C)O. The van der Waals surface area contributed by atoms with Crippen molar-refractivity contribution in [3.8, 4) is 0 Å². The summed E-state index contributed by atoms with van der Waals surface area (Å²) in [5, 5.41) is 48.0. The lowest BCUT2D eigenvalue weighted by molar-refractivity contribution is -0.145. The summed E-state index contributed by atoms with van der Waals surface area (Å²) in [6.45, 7) is 5.94. The number of carbonyl (C=O) groups excluding carboxylic acids is 8. The van der Waals surface area contributed by atoms with Crippen molar-refractivity contribution in [3.63, 3.8) is 0 Å². The molecule has 0 aromatic heterocycles. The number of likely N-dealkylation sites (tertiary alicyclic amines) is 1. The van der Waals surface area contributed by atoms with Gasteiger partial charge < -0.3 is 74.6 Å². The lowest BCUT2D eigenvalue weighted by Crippen LogP contribution is -2.62. The Balaban J connectivity index is 2.23. The van der Waals surface area contributed by atoms with E-state index in [4.69, 9.17) is 17.2 Å². The third-order valence-electron chi connectivity index (χ3n) is 10.5.